The number of pyridine rings is 1. The van der Waals surface area contributed by atoms with Gasteiger partial charge in [0.15, 0.2) is 0 Å². The zero-order chi connectivity index (χ0) is 18.5. The van der Waals surface area contributed by atoms with E-state index in [4.69, 9.17) is 0 Å². The summed E-state index contributed by atoms with van der Waals surface area (Å²) < 4.78 is 0. The van der Waals surface area contributed by atoms with Gasteiger partial charge in [0, 0.05) is 18.9 Å². The van der Waals surface area contributed by atoms with Crippen LogP contribution in [0, 0.1) is 5.92 Å². The average Bonchev–Trinajstić information content (AvgIpc) is 2.66. The van der Waals surface area contributed by atoms with Crippen molar-refractivity contribution < 1.29 is 9.90 Å². The van der Waals surface area contributed by atoms with E-state index < -0.39 is 6.10 Å². The van der Waals surface area contributed by atoms with Crippen LogP contribution in [0.4, 0.5) is 0 Å². The highest BCUT2D eigenvalue weighted by Gasteiger charge is 2.24. The average molecular weight is 348 g/mol. The summed E-state index contributed by atoms with van der Waals surface area (Å²) in [5.74, 6) is -0.239. The monoisotopic (exact) mass is 348 g/mol. The second-order valence-electron chi connectivity index (χ2n) is 6.88. The quantitative estimate of drug-likeness (QED) is 0.712. The van der Waals surface area contributed by atoms with Crippen LogP contribution in [-0.2, 0) is 4.79 Å². The zero-order valence-corrected chi connectivity index (χ0v) is 15.1. The molecule has 0 saturated heterocycles. The lowest BCUT2D eigenvalue weighted by Crippen LogP contribution is -2.34. The van der Waals surface area contributed by atoms with Gasteiger partial charge in [0.2, 0.25) is 5.91 Å². The fourth-order valence-electron chi connectivity index (χ4n) is 3.24. The van der Waals surface area contributed by atoms with Gasteiger partial charge in [0.1, 0.15) is 0 Å². The Labute approximate surface area is 153 Å². The molecule has 0 radical (unpaired) electrons. The van der Waals surface area contributed by atoms with E-state index in [9.17, 15) is 9.90 Å². The molecular formula is C22H24N2O2. The molecule has 0 aliphatic rings. The molecule has 0 unspecified atom stereocenters. The van der Waals surface area contributed by atoms with E-state index in [-0.39, 0.29) is 24.3 Å². The van der Waals surface area contributed by atoms with Gasteiger partial charge in [-0.1, -0.05) is 56.3 Å². The first-order valence-corrected chi connectivity index (χ1v) is 8.90. The molecule has 1 aromatic heterocycles. The van der Waals surface area contributed by atoms with Crippen molar-refractivity contribution in [2.45, 2.75) is 25.9 Å². The van der Waals surface area contributed by atoms with E-state index in [2.05, 4.69) is 10.3 Å². The Hall–Kier alpha value is -2.72. The van der Waals surface area contributed by atoms with Crippen molar-refractivity contribution in [3.63, 3.8) is 0 Å². The number of hydrogen-bond donors (Lipinski definition) is 2. The maximum Gasteiger partial charge on any atom is 0.227 e. The Morgan fingerprint density at radius 1 is 1.04 bits per heavy atom. The second-order valence-corrected chi connectivity index (χ2v) is 6.88. The van der Waals surface area contributed by atoms with Crippen LogP contribution in [0.25, 0.3) is 10.8 Å². The maximum atomic E-state index is 12.7. The van der Waals surface area contributed by atoms with E-state index in [1.165, 1.54) is 0 Å². The summed E-state index contributed by atoms with van der Waals surface area (Å²) in [6.07, 6.45) is 2.68. The normalized spacial score (nSPS) is 13.5. The minimum atomic E-state index is -0.745. The first-order chi connectivity index (χ1) is 12.6. The van der Waals surface area contributed by atoms with Crippen molar-refractivity contribution in [3.05, 3.63) is 78.1 Å². The molecule has 4 nitrogen and oxygen atoms in total. The van der Waals surface area contributed by atoms with Crippen molar-refractivity contribution in [2.24, 2.45) is 5.92 Å². The number of rotatable bonds is 6. The molecule has 0 spiro atoms. The lowest BCUT2D eigenvalue weighted by atomic mass is 9.88. The molecule has 0 aliphatic heterocycles. The van der Waals surface area contributed by atoms with Crippen LogP contribution < -0.4 is 5.32 Å². The topological polar surface area (TPSA) is 62.2 Å². The Kier molecular flexibility index (Phi) is 5.64. The number of hydrogen-bond acceptors (Lipinski definition) is 3. The molecule has 4 heteroatoms. The number of nitrogens with zero attached hydrogens (tertiary/aromatic N) is 1. The van der Waals surface area contributed by atoms with Gasteiger partial charge in [-0.05, 0) is 39.9 Å². The Morgan fingerprint density at radius 3 is 2.50 bits per heavy atom. The van der Waals surface area contributed by atoms with E-state index in [0.29, 0.717) is 0 Å². The van der Waals surface area contributed by atoms with E-state index in [1.54, 1.807) is 12.4 Å². The molecule has 0 saturated carbocycles. The van der Waals surface area contributed by atoms with Crippen LogP contribution in [0.1, 0.15) is 37.0 Å². The van der Waals surface area contributed by atoms with Gasteiger partial charge in [-0.2, -0.15) is 0 Å². The molecule has 2 aromatic carbocycles. The first-order valence-electron chi connectivity index (χ1n) is 8.90. The van der Waals surface area contributed by atoms with Gasteiger partial charge < -0.3 is 10.4 Å². The largest absolute Gasteiger partial charge is 0.387 e. The number of aromatic nitrogens is 1. The Morgan fingerprint density at radius 2 is 1.81 bits per heavy atom. The third-order valence-corrected chi connectivity index (χ3v) is 4.62. The first kappa shape index (κ1) is 18.1. The van der Waals surface area contributed by atoms with Crippen molar-refractivity contribution in [1.82, 2.24) is 10.3 Å². The summed E-state index contributed by atoms with van der Waals surface area (Å²) in [5, 5.41) is 15.6. The highest BCUT2D eigenvalue weighted by Crippen LogP contribution is 2.24. The van der Waals surface area contributed by atoms with Crippen molar-refractivity contribution in [2.75, 3.05) is 6.54 Å². The molecule has 3 aromatic rings. The molecule has 26 heavy (non-hydrogen) atoms. The van der Waals surface area contributed by atoms with Crippen LogP contribution in [0.2, 0.25) is 0 Å². The fraction of sp³-hybridized carbons (Fsp3) is 0.273. The number of fused-ring (bicyclic) bond motifs is 1. The molecule has 2 atom stereocenters. The number of nitrogens with one attached hydrogen (secondary N) is 1. The van der Waals surface area contributed by atoms with Gasteiger partial charge in [0.25, 0.3) is 0 Å². The van der Waals surface area contributed by atoms with Crippen molar-refractivity contribution in [1.29, 1.82) is 0 Å². The standard InChI is InChI=1S/C22H24N2O2/c1-15(2)21(19-8-5-11-23-13-19)22(26)24-14-20(25)18-10-9-16-6-3-4-7-17(16)12-18/h3-13,15,20-21,25H,14H2,1-2H3,(H,24,26)/t20-,21+/m0/s1. The lowest BCUT2D eigenvalue weighted by molar-refractivity contribution is -0.124. The number of aliphatic hydroxyl groups is 1. The minimum absolute atomic E-state index is 0.0900. The predicted octanol–water partition coefficient (Wildman–Crippen LogP) is 3.82. The highest BCUT2D eigenvalue weighted by atomic mass is 16.3. The van der Waals surface area contributed by atoms with Gasteiger partial charge in [0.05, 0.1) is 12.0 Å². The van der Waals surface area contributed by atoms with Gasteiger partial charge in [-0.15, -0.1) is 0 Å². The summed E-state index contributed by atoms with van der Waals surface area (Å²) in [6, 6.07) is 17.6. The number of carbonyl (C=O) groups is 1. The van der Waals surface area contributed by atoms with Crippen molar-refractivity contribution in [3.8, 4) is 0 Å². The van der Waals surface area contributed by atoms with E-state index in [1.807, 2.05) is 68.4 Å². The maximum absolute atomic E-state index is 12.7. The van der Waals surface area contributed by atoms with Gasteiger partial charge >= 0.3 is 0 Å². The molecule has 3 rings (SSSR count). The molecule has 0 bridgehead atoms. The number of benzene rings is 2. The van der Waals surface area contributed by atoms with Crippen LogP contribution in [0.5, 0.6) is 0 Å². The van der Waals surface area contributed by atoms with Crippen molar-refractivity contribution >= 4 is 16.7 Å². The molecular weight excluding hydrogens is 324 g/mol. The molecule has 1 heterocycles. The number of carbonyl (C=O) groups excluding carboxylic acids is 1. The SMILES string of the molecule is CC(C)[C@@H](C(=O)NC[C@H](O)c1ccc2ccccc2c1)c1cccnc1. The Balaban J connectivity index is 1.69. The zero-order valence-electron chi connectivity index (χ0n) is 15.1. The third-order valence-electron chi connectivity index (χ3n) is 4.62. The van der Waals surface area contributed by atoms with Crippen LogP contribution in [-0.4, -0.2) is 22.5 Å². The van der Waals surface area contributed by atoms with E-state index in [0.717, 1.165) is 21.9 Å². The summed E-state index contributed by atoms with van der Waals surface area (Å²) in [5.41, 5.74) is 1.69. The molecule has 0 fully saturated rings. The molecule has 2 N–H and O–H groups in total. The Bertz CT molecular complexity index is 877. The lowest BCUT2D eigenvalue weighted by Gasteiger charge is -2.21. The third kappa shape index (κ3) is 4.09. The van der Waals surface area contributed by atoms with Crippen LogP contribution in [0.15, 0.2) is 67.0 Å². The van der Waals surface area contributed by atoms with E-state index >= 15 is 0 Å². The summed E-state index contributed by atoms with van der Waals surface area (Å²) in [4.78, 5) is 16.8. The van der Waals surface area contributed by atoms with Crippen LogP contribution >= 0.6 is 0 Å². The summed E-state index contributed by atoms with van der Waals surface area (Å²) in [6.45, 7) is 4.20. The molecule has 0 aliphatic carbocycles. The smallest absolute Gasteiger partial charge is 0.227 e. The number of amides is 1. The predicted molar refractivity (Wildman–Crippen MR) is 104 cm³/mol. The molecule has 134 valence electrons. The van der Waals surface area contributed by atoms with Gasteiger partial charge in [-0.25, -0.2) is 0 Å². The number of aliphatic hydroxyl groups excluding tert-OH is 1. The fourth-order valence-corrected chi connectivity index (χ4v) is 3.24. The minimum Gasteiger partial charge on any atom is -0.387 e. The highest BCUT2D eigenvalue weighted by molar-refractivity contribution is 5.84. The van der Waals surface area contributed by atoms with Gasteiger partial charge in [-0.3, -0.25) is 9.78 Å². The summed E-state index contributed by atoms with van der Waals surface area (Å²) >= 11 is 0. The second kappa shape index (κ2) is 8.11. The summed E-state index contributed by atoms with van der Waals surface area (Å²) in [7, 11) is 0. The van der Waals surface area contributed by atoms with Crippen LogP contribution in [0.3, 0.4) is 0 Å². The molecule has 1 amide bonds.